The van der Waals surface area contributed by atoms with E-state index in [0.717, 1.165) is 27.2 Å². The summed E-state index contributed by atoms with van der Waals surface area (Å²) in [5, 5.41) is 3.89. The number of nitrogens with zero attached hydrogens (tertiary/aromatic N) is 1. The number of hydrogen-bond acceptors (Lipinski definition) is 3. The van der Waals surface area contributed by atoms with E-state index < -0.39 is 0 Å². The summed E-state index contributed by atoms with van der Waals surface area (Å²) in [5.74, 6) is 1.58. The van der Waals surface area contributed by atoms with Crippen molar-refractivity contribution in [3.8, 4) is 11.5 Å². The predicted molar refractivity (Wildman–Crippen MR) is 94.4 cm³/mol. The maximum atomic E-state index is 5.44. The minimum atomic E-state index is 0.289. The van der Waals surface area contributed by atoms with Gasteiger partial charge in [0.1, 0.15) is 0 Å². The minimum absolute atomic E-state index is 0.289. The van der Waals surface area contributed by atoms with Crippen LogP contribution in [-0.2, 0) is 6.54 Å². The Morgan fingerprint density at radius 3 is 2.86 bits per heavy atom. The van der Waals surface area contributed by atoms with Gasteiger partial charge < -0.3 is 19.7 Å². The fourth-order valence-corrected chi connectivity index (χ4v) is 2.75. The van der Waals surface area contributed by atoms with Crippen LogP contribution in [0.2, 0.25) is 0 Å². The average molecular weight is 379 g/mol. The average Bonchev–Trinajstić information content (AvgIpc) is 2.94. The first-order chi connectivity index (χ1) is 10.6. The number of halogens is 1. The van der Waals surface area contributed by atoms with Crippen molar-refractivity contribution in [2.45, 2.75) is 6.54 Å². The number of thiocarbonyl (C=S) groups is 1. The number of hydrogen-bond donors (Lipinski definition) is 1. The van der Waals surface area contributed by atoms with Gasteiger partial charge in [-0.2, -0.15) is 0 Å². The monoisotopic (exact) mass is 378 g/mol. The predicted octanol–water partition coefficient (Wildman–Crippen LogP) is 4.01. The molecule has 3 rings (SSSR count). The molecule has 2 aromatic rings. The zero-order valence-corrected chi connectivity index (χ0v) is 14.4. The first-order valence-corrected chi connectivity index (χ1v) is 7.98. The molecule has 22 heavy (non-hydrogen) atoms. The molecule has 0 aliphatic carbocycles. The van der Waals surface area contributed by atoms with Crippen LogP contribution in [0.3, 0.4) is 0 Å². The molecule has 1 N–H and O–H groups in total. The van der Waals surface area contributed by atoms with Crippen LogP contribution in [-0.4, -0.2) is 23.9 Å². The maximum Gasteiger partial charge on any atom is 0.231 e. The number of fused-ring (bicyclic) bond motifs is 1. The van der Waals surface area contributed by atoms with Crippen LogP contribution in [0, 0.1) is 0 Å². The Hall–Kier alpha value is -1.79. The Morgan fingerprint density at radius 1 is 1.23 bits per heavy atom. The van der Waals surface area contributed by atoms with E-state index in [1.807, 2.05) is 54.4 Å². The second kappa shape index (κ2) is 6.54. The smallest absolute Gasteiger partial charge is 0.231 e. The van der Waals surface area contributed by atoms with Crippen molar-refractivity contribution in [2.24, 2.45) is 0 Å². The Balaban J connectivity index is 1.63. The van der Waals surface area contributed by atoms with Crippen molar-refractivity contribution in [3.63, 3.8) is 0 Å². The van der Waals surface area contributed by atoms with Crippen LogP contribution in [0.5, 0.6) is 11.5 Å². The van der Waals surface area contributed by atoms with Crippen molar-refractivity contribution in [2.75, 3.05) is 19.2 Å². The highest BCUT2D eigenvalue weighted by molar-refractivity contribution is 9.10. The zero-order chi connectivity index (χ0) is 15.5. The molecule has 1 aliphatic rings. The lowest BCUT2D eigenvalue weighted by molar-refractivity contribution is 0.174. The molecule has 4 nitrogen and oxygen atoms in total. The molecule has 1 aliphatic heterocycles. The number of ether oxygens (including phenoxy) is 2. The highest BCUT2D eigenvalue weighted by atomic mass is 79.9. The van der Waals surface area contributed by atoms with Gasteiger partial charge >= 0.3 is 0 Å². The molecule has 0 bridgehead atoms. The quantitative estimate of drug-likeness (QED) is 0.816. The summed E-state index contributed by atoms with van der Waals surface area (Å²) in [5.41, 5.74) is 2.07. The molecule has 0 saturated heterocycles. The molecule has 0 spiro atoms. The molecule has 0 aromatic heterocycles. The fourth-order valence-electron chi connectivity index (χ4n) is 2.17. The summed E-state index contributed by atoms with van der Waals surface area (Å²) in [6.45, 7) is 0.980. The fraction of sp³-hybridized carbons (Fsp3) is 0.188. The lowest BCUT2D eigenvalue weighted by atomic mass is 10.2. The molecule has 0 radical (unpaired) electrons. The molecule has 1 heterocycles. The van der Waals surface area contributed by atoms with Crippen LogP contribution in [0.1, 0.15) is 5.56 Å². The third-order valence-corrected chi connectivity index (χ3v) is 4.19. The molecule has 6 heteroatoms. The highest BCUT2D eigenvalue weighted by Crippen LogP contribution is 2.32. The summed E-state index contributed by atoms with van der Waals surface area (Å²) >= 11 is 8.89. The largest absolute Gasteiger partial charge is 0.454 e. The first kappa shape index (κ1) is 15.1. The van der Waals surface area contributed by atoms with E-state index >= 15 is 0 Å². The molecular weight excluding hydrogens is 364 g/mol. The molecule has 114 valence electrons. The lowest BCUT2D eigenvalue weighted by Gasteiger charge is -2.21. The minimum Gasteiger partial charge on any atom is -0.454 e. The van der Waals surface area contributed by atoms with E-state index in [0.29, 0.717) is 11.7 Å². The van der Waals surface area contributed by atoms with Gasteiger partial charge in [0, 0.05) is 23.8 Å². The van der Waals surface area contributed by atoms with Crippen molar-refractivity contribution in [1.82, 2.24) is 4.90 Å². The van der Waals surface area contributed by atoms with Gasteiger partial charge in [0.15, 0.2) is 16.6 Å². The Bertz CT molecular complexity index is 708. The van der Waals surface area contributed by atoms with Crippen LogP contribution < -0.4 is 14.8 Å². The van der Waals surface area contributed by atoms with Crippen molar-refractivity contribution in [1.29, 1.82) is 0 Å². The van der Waals surface area contributed by atoms with E-state index in [4.69, 9.17) is 21.7 Å². The van der Waals surface area contributed by atoms with Gasteiger partial charge in [-0.1, -0.05) is 28.1 Å². The number of anilines is 1. The summed E-state index contributed by atoms with van der Waals surface area (Å²) in [7, 11) is 1.96. The van der Waals surface area contributed by atoms with E-state index in [1.54, 1.807) is 0 Å². The molecular formula is C16H15BrN2O2S. The van der Waals surface area contributed by atoms with Crippen molar-refractivity contribution < 1.29 is 9.47 Å². The standard InChI is InChI=1S/C16H15BrN2O2S/c1-19(16(22)18-13-4-2-3-12(17)8-13)9-11-5-6-14-15(7-11)21-10-20-14/h2-8H,9-10H2,1H3,(H,18,22). The van der Waals surface area contributed by atoms with Gasteiger partial charge in [-0.15, -0.1) is 0 Å². The Kier molecular flexibility index (Phi) is 4.49. The first-order valence-electron chi connectivity index (χ1n) is 6.78. The van der Waals surface area contributed by atoms with Crippen molar-refractivity contribution in [3.05, 3.63) is 52.5 Å². The van der Waals surface area contributed by atoms with Crippen molar-refractivity contribution >= 4 is 38.9 Å². The van der Waals surface area contributed by atoms with E-state index in [2.05, 4.69) is 21.2 Å². The zero-order valence-electron chi connectivity index (χ0n) is 12.0. The second-order valence-electron chi connectivity index (χ2n) is 4.98. The van der Waals surface area contributed by atoms with Crippen LogP contribution in [0.4, 0.5) is 5.69 Å². The van der Waals surface area contributed by atoms with Gasteiger partial charge in [0.05, 0.1) is 0 Å². The van der Waals surface area contributed by atoms with Crippen LogP contribution in [0.15, 0.2) is 46.9 Å². The summed E-state index contributed by atoms with van der Waals surface area (Å²) in [6, 6.07) is 13.8. The van der Waals surface area contributed by atoms with E-state index in [9.17, 15) is 0 Å². The molecule has 0 saturated carbocycles. The molecule has 0 unspecified atom stereocenters. The Labute approximate surface area is 143 Å². The summed E-state index contributed by atoms with van der Waals surface area (Å²) < 4.78 is 11.7. The van der Waals surface area contributed by atoms with E-state index in [-0.39, 0.29) is 6.79 Å². The lowest BCUT2D eigenvalue weighted by Crippen LogP contribution is -2.30. The maximum absolute atomic E-state index is 5.44. The van der Waals surface area contributed by atoms with E-state index in [1.165, 1.54) is 0 Å². The number of nitrogens with one attached hydrogen (secondary N) is 1. The molecule has 0 amide bonds. The van der Waals surface area contributed by atoms with Gasteiger partial charge in [0.25, 0.3) is 0 Å². The molecule has 2 aromatic carbocycles. The third kappa shape index (κ3) is 3.51. The SMILES string of the molecule is CN(Cc1ccc2c(c1)OCO2)C(=S)Nc1cccc(Br)c1. The number of benzene rings is 2. The summed E-state index contributed by atoms with van der Waals surface area (Å²) in [6.07, 6.45) is 0. The number of rotatable bonds is 3. The Morgan fingerprint density at radius 2 is 2.05 bits per heavy atom. The van der Waals surface area contributed by atoms with Gasteiger partial charge in [-0.25, -0.2) is 0 Å². The second-order valence-corrected chi connectivity index (χ2v) is 6.29. The molecule has 0 atom stereocenters. The topological polar surface area (TPSA) is 33.7 Å². The molecule has 0 fully saturated rings. The normalized spacial score (nSPS) is 12.1. The third-order valence-electron chi connectivity index (χ3n) is 3.28. The van der Waals surface area contributed by atoms with Gasteiger partial charge in [-0.05, 0) is 48.1 Å². The van der Waals surface area contributed by atoms with Gasteiger partial charge in [0.2, 0.25) is 6.79 Å². The van der Waals surface area contributed by atoms with Crippen LogP contribution in [0.25, 0.3) is 0 Å². The van der Waals surface area contributed by atoms with Crippen LogP contribution >= 0.6 is 28.1 Å². The highest BCUT2D eigenvalue weighted by Gasteiger charge is 2.14. The van der Waals surface area contributed by atoms with Gasteiger partial charge in [-0.3, -0.25) is 0 Å². The summed E-state index contributed by atoms with van der Waals surface area (Å²) in [4.78, 5) is 1.98.